The fraction of sp³-hybridized carbons (Fsp3) is 0.389. The highest BCUT2D eigenvalue weighted by Gasteiger charge is 2.21. The van der Waals surface area contributed by atoms with Crippen LogP contribution in [0.5, 0.6) is 0 Å². The average molecular weight is 322 g/mol. The molecule has 1 aromatic heterocycles. The van der Waals surface area contributed by atoms with Crippen LogP contribution in [0.25, 0.3) is 0 Å². The largest absolute Gasteiger partial charge is 0.355 e. The molecular weight excluding hydrogens is 300 g/mol. The van der Waals surface area contributed by atoms with Crippen LogP contribution in [0.15, 0.2) is 30.3 Å². The highest BCUT2D eigenvalue weighted by atomic mass is 15.2. The summed E-state index contributed by atoms with van der Waals surface area (Å²) >= 11 is 0. The highest BCUT2D eigenvalue weighted by molar-refractivity contribution is 5.58. The molecule has 1 aliphatic rings. The Morgan fingerprint density at radius 2 is 2.25 bits per heavy atom. The van der Waals surface area contributed by atoms with Gasteiger partial charge in [-0.2, -0.15) is 10.2 Å². The number of aromatic nitrogens is 2. The third-order valence-electron chi connectivity index (χ3n) is 4.07. The number of aryl methyl sites for hydroxylation is 1. The zero-order valence-electron chi connectivity index (χ0n) is 13.9. The van der Waals surface area contributed by atoms with Crippen LogP contribution < -0.4 is 16.0 Å². The first-order chi connectivity index (χ1) is 11.7. The quantitative estimate of drug-likeness (QED) is 0.879. The lowest BCUT2D eigenvalue weighted by Gasteiger charge is -2.19. The van der Waals surface area contributed by atoms with Gasteiger partial charge in [0.1, 0.15) is 5.82 Å². The summed E-state index contributed by atoms with van der Waals surface area (Å²) in [7, 11) is 0. The van der Waals surface area contributed by atoms with Crippen molar-refractivity contribution in [3.8, 4) is 6.07 Å². The van der Waals surface area contributed by atoms with Crippen molar-refractivity contribution in [3.63, 3.8) is 0 Å². The number of benzene rings is 1. The van der Waals surface area contributed by atoms with Crippen molar-refractivity contribution in [2.24, 2.45) is 5.73 Å². The first-order valence-electron chi connectivity index (χ1n) is 8.33. The average Bonchev–Trinajstić information content (AvgIpc) is 3.02. The number of hydrogen-bond donors (Lipinski definition) is 2. The minimum Gasteiger partial charge on any atom is -0.355 e. The van der Waals surface area contributed by atoms with Crippen LogP contribution in [-0.2, 0) is 6.42 Å². The van der Waals surface area contributed by atoms with Gasteiger partial charge in [0.15, 0.2) is 0 Å². The van der Waals surface area contributed by atoms with Crippen molar-refractivity contribution in [1.82, 2.24) is 9.97 Å². The van der Waals surface area contributed by atoms with Crippen LogP contribution in [0, 0.1) is 11.3 Å². The van der Waals surface area contributed by atoms with E-state index in [1.807, 2.05) is 12.1 Å². The Balaban J connectivity index is 1.88. The summed E-state index contributed by atoms with van der Waals surface area (Å²) in [5, 5.41) is 12.2. The SMILES string of the molecule is CCCc1cc(N2CCC(N)C2)nc(Nc2cccc(C#N)c2)n1. The van der Waals surface area contributed by atoms with E-state index in [2.05, 4.69) is 39.2 Å². The molecule has 2 aromatic rings. The number of rotatable bonds is 5. The number of nitriles is 1. The summed E-state index contributed by atoms with van der Waals surface area (Å²) in [6.07, 6.45) is 2.92. The van der Waals surface area contributed by atoms with E-state index in [1.165, 1.54) is 0 Å². The van der Waals surface area contributed by atoms with E-state index >= 15 is 0 Å². The summed E-state index contributed by atoms with van der Waals surface area (Å²) in [6.45, 7) is 3.89. The van der Waals surface area contributed by atoms with Crippen LogP contribution in [0.2, 0.25) is 0 Å². The van der Waals surface area contributed by atoms with E-state index in [1.54, 1.807) is 12.1 Å². The Bertz CT molecular complexity index is 751. The number of nitrogens with zero attached hydrogens (tertiary/aromatic N) is 4. The third kappa shape index (κ3) is 3.81. The van der Waals surface area contributed by atoms with E-state index in [0.717, 1.165) is 49.6 Å². The Hall–Kier alpha value is -2.65. The molecule has 1 fully saturated rings. The molecule has 0 saturated carbocycles. The summed E-state index contributed by atoms with van der Waals surface area (Å²) in [6, 6.07) is 11.7. The van der Waals surface area contributed by atoms with Crippen molar-refractivity contribution < 1.29 is 0 Å². The van der Waals surface area contributed by atoms with Crippen LogP contribution >= 0.6 is 0 Å². The fourth-order valence-corrected chi connectivity index (χ4v) is 2.88. The van der Waals surface area contributed by atoms with E-state index in [0.29, 0.717) is 11.5 Å². The van der Waals surface area contributed by atoms with Crippen LogP contribution in [0.3, 0.4) is 0 Å². The number of nitrogens with two attached hydrogens (primary N) is 1. The molecule has 0 amide bonds. The van der Waals surface area contributed by atoms with Crippen LogP contribution in [-0.4, -0.2) is 29.1 Å². The van der Waals surface area contributed by atoms with Crippen molar-refractivity contribution in [2.75, 3.05) is 23.3 Å². The lowest BCUT2D eigenvalue weighted by atomic mass is 10.2. The zero-order valence-corrected chi connectivity index (χ0v) is 13.9. The Kier molecular flexibility index (Phi) is 4.92. The predicted molar refractivity (Wildman–Crippen MR) is 95.3 cm³/mol. The molecule has 6 nitrogen and oxygen atoms in total. The minimum absolute atomic E-state index is 0.207. The molecule has 0 radical (unpaired) electrons. The smallest absolute Gasteiger partial charge is 0.229 e. The molecule has 1 aliphatic heterocycles. The second kappa shape index (κ2) is 7.28. The second-order valence-corrected chi connectivity index (χ2v) is 6.10. The van der Waals surface area contributed by atoms with E-state index in [-0.39, 0.29) is 6.04 Å². The molecule has 3 rings (SSSR count). The monoisotopic (exact) mass is 322 g/mol. The molecule has 1 atom stereocenters. The second-order valence-electron chi connectivity index (χ2n) is 6.10. The maximum absolute atomic E-state index is 9.03. The highest BCUT2D eigenvalue weighted by Crippen LogP contribution is 2.22. The van der Waals surface area contributed by atoms with Gasteiger partial charge in [0.05, 0.1) is 11.6 Å². The predicted octanol–water partition coefficient (Wildman–Crippen LogP) is 2.58. The van der Waals surface area contributed by atoms with Crippen molar-refractivity contribution in [1.29, 1.82) is 5.26 Å². The van der Waals surface area contributed by atoms with Crippen molar-refractivity contribution >= 4 is 17.5 Å². The molecule has 6 heteroatoms. The molecule has 3 N–H and O–H groups in total. The summed E-state index contributed by atoms with van der Waals surface area (Å²) in [4.78, 5) is 11.5. The normalized spacial score (nSPS) is 16.9. The maximum Gasteiger partial charge on any atom is 0.229 e. The Morgan fingerprint density at radius 3 is 2.96 bits per heavy atom. The molecule has 1 saturated heterocycles. The van der Waals surface area contributed by atoms with Gasteiger partial charge in [-0.25, -0.2) is 4.98 Å². The molecule has 1 unspecified atom stereocenters. The van der Waals surface area contributed by atoms with Crippen LogP contribution in [0.1, 0.15) is 31.0 Å². The van der Waals surface area contributed by atoms with Gasteiger partial charge in [-0.3, -0.25) is 0 Å². The van der Waals surface area contributed by atoms with Gasteiger partial charge in [-0.15, -0.1) is 0 Å². The Labute approximate surface area is 142 Å². The van der Waals surface area contributed by atoms with Gasteiger partial charge in [-0.1, -0.05) is 19.4 Å². The van der Waals surface area contributed by atoms with E-state index in [9.17, 15) is 0 Å². The van der Waals surface area contributed by atoms with Crippen molar-refractivity contribution in [3.05, 3.63) is 41.6 Å². The van der Waals surface area contributed by atoms with Gasteiger partial charge in [0.2, 0.25) is 5.95 Å². The third-order valence-corrected chi connectivity index (χ3v) is 4.07. The Morgan fingerprint density at radius 1 is 1.38 bits per heavy atom. The fourth-order valence-electron chi connectivity index (χ4n) is 2.88. The number of anilines is 3. The van der Waals surface area contributed by atoms with E-state index < -0.39 is 0 Å². The number of hydrogen-bond acceptors (Lipinski definition) is 6. The topological polar surface area (TPSA) is 90.9 Å². The summed E-state index contributed by atoms with van der Waals surface area (Å²) < 4.78 is 0. The summed E-state index contributed by atoms with van der Waals surface area (Å²) in [5.74, 6) is 1.48. The molecule has 0 spiro atoms. The van der Waals surface area contributed by atoms with Gasteiger partial charge in [0.25, 0.3) is 0 Å². The number of nitrogens with one attached hydrogen (secondary N) is 1. The van der Waals surface area contributed by atoms with Gasteiger partial charge in [0, 0.05) is 36.6 Å². The maximum atomic E-state index is 9.03. The molecule has 24 heavy (non-hydrogen) atoms. The molecule has 0 aliphatic carbocycles. The lowest BCUT2D eigenvalue weighted by Crippen LogP contribution is -2.27. The van der Waals surface area contributed by atoms with Gasteiger partial charge < -0.3 is 16.0 Å². The van der Waals surface area contributed by atoms with Gasteiger partial charge in [-0.05, 0) is 31.0 Å². The lowest BCUT2D eigenvalue weighted by molar-refractivity contribution is 0.751. The minimum atomic E-state index is 0.207. The first kappa shape index (κ1) is 16.2. The summed E-state index contributed by atoms with van der Waals surface area (Å²) in [5.41, 5.74) is 8.46. The van der Waals surface area contributed by atoms with Crippen molar-refractivity contribution in [2.45, 2.75) is 32.2 Å². The molecular formula is C18H22N6. The van der Waals surface area contributed by atoms with E-state index in [4.69, 9.17) is 11.0 Å². The van der Waals surface area contributed by atoms with Crippen LogP contribution in [0.4, 0.5) is 17.5 Å². The van der Waals surface area contributed by atoms with Gasteiger partial charge >= 0.3 is 0 Å². The molecule has 1 aromatic carbocycles. The molecule has 2 heterocycles. The first-order valence-corrected chi connectivity index (χ1v) is 8.33. The molecule has 124 valence electrons. The zero-order chi connectivity index (χ0) is 16.9. The molecule has 0 bridgehead atoms. The standard InChI is InChI=1S/C18H22N6/c1-2-4-15-10-17(24-8-7-14(20)12-24)23-18(21-15)22-16-6-3-5-13(9-16)11-19/h3,5-6,9-10,14H,2,4,7-8,12,20H2,1H3,(H,21,22,23).